The van der Waals surface area contributed by atoms with Gasteiger partial charge in [0.05, 0.1) is 0 Å². The highest BCUT2D eigenvalue weighted by molar-refractivity contribution is 3.94. The van der Waals surface area contributed by atoms with Crippen molar-refractivity contribution in [3.63, 3.8) is 0 Å². The van der Waals surface area contributed by atoms with Crippen LogP contribution in [0, 0.1) is 0 Å². The topological polar surface area (TPSA) is 110 Å². The highest BCUT2D eigenvalue weighted by Crippen LogP contribution is 1.18. The number of rotatable bonds is 1. The third-order valence-corrected chi connectivity index (χ3v) is 0.0913. The maximum absolute atomic E-state index is 7.64. The Morgan fingerprint density at radius 2 is 1.67 bits per heavy atom. The lowest BCUT2D eigenvalue weighted by Crippen LogP contribution is -2.21. The molecule has 0 aromatic carbocycles. The van der Waals surface area contributed by atoms with E-state index in [0.29, 0.717) is 0 Å². The predicted octanol–water partition coefficient (Wildman–Crippen LogP) is -2.78. The molecule has 0 unspecified atom stereocenters. The summed E-state index contributed by atoms with van der Waals surface area (Å²) in [7, 11) is 0. The van der Waals surface area contributed by atoms with Crippen LogP contribution in [0.5, 0.6) is 0 Å². The Hall–Kier alpha value is -0.200. The molecule has 0 rings (SSSR count). The fourth-order valence-corrected chi connectivity index (χ4v) is 0. The molecule has 0 aromatic heterocycles. The van der Waals surface area contributed by atoms with Crippen LogP contribution >= 0.6 is 0 Å². The molecule has 0 aliphatic heterocycles. The molecule has 0 saturated heterocycles. The highest BCUT2D eigenvalue weighted by Gasteiger charge is 1.50. The summed E-state index contributed by atoms with van der Waals surface area (Å²) in [6, 6.07) is 0. The van der Waals surface area contributed by atoms with Crippen molar-refractivity contribution in [3.8, 4) is 0 Å². The molecule has 0 aliphatic carbocycles. The SMILES string of the molecule is NN.NNCO. The lowest BCUT2D eigenvalue weighted by molar-refractivity contribution is 0.263. The van der Waals surface area contributed by atoms with Crippen molar-refractivity contribution in [2.75, 3.05) is 6.73 Å². The van der Waals surface area contributed by atoms with Gasteiger partial charge in [-0.1, -0.05) is 0 Å². The zero-order valence-electron chi connectivity index (χ0n) is 3.39. The summed E-state index contributed by atoms with van der Waals surface area (Å²) in [6.45, 7) is -0.153. The Morgan fingerprint density at radius 1 is 1.50 bits per heavy atom. The minimum Gasteiger partial charge on any atom is -0.380 e. The lowest BCUT2D eigenvalue weighted by Gasteiger charge is -1.77. The second kappa shape index (κ2) is 21.4. The van der Waals surface area contributed by atoms with Gasteiger partial charge in [0, 0.05) is 0 Å². The number of aliphatic hydroxyl groups excluding tert-OH is 1. The number of hydrazine groups is 2. The Morgan fingerprint density at radius 3 is 1.67 bits per heavy atom. The monoisotopic (exact) mass is 94.1 g/mol. The first-order valence-corrected chi connectivity index (χ1v) is 1.29. The molecule has 8 N–H and O–H groups in total. The molecule has 0 heterocycles. The fraction of sp³-hybridized carbons (Fsp3) is 1.00. The standard InChI is InChI=1S/CH6N2O.H4N2/c2-3-1-4;1-2/h3-4H,1-2H2;1-2H2. The second-order valence-electron chi connectivity index (χ2n) is 0.362. The molecule has 0 bridgehead atoms. The maximum Gasteiger partial charge on any atom is 0.105 e. The van der Waals surface area contributed by atoms with E-state index in [-0.39, 0.29) is 6.73 Å². The number of hydrogen-bond donors (Lipinski definition) is 5. The van der Waals surface area contributed by atoms with Crippen LogP contribution in [0.25, 0.3) is 0 Å². The Kier molecular flexibility index (Phi) is 33.0. The van der Waals surface area contributed by atoms with Gasteiger partial charge >= 0.3 is 0 Å². The van der Waals surface area contributed by atoms with Crippen LogP contribution in [0.3, 0.4) is 0 Å². The number of aliphatic hydroxyl groups is 1. The van der Waals surface area contributed by atoms with Gasteiger partial charge in [-0.05, 0) is 0 Å². The van der Waals surface area contributed by atoms with Crippen LogP contribution in [-0.4, -0.2) is 11.8 Å². The van der Waals surface area contributed by atoms with Crippen molar-refractivity contribution in [2.24, 2.45) is 17.5 Å². The molecule has 0 saturated carbocycles. The third-order valence-electron chi connectivity index (χ3n) is 0.0913. The molecule has 0 aliphatic rings. The van der Waals surface area contributed by atoms with Crippen LogP contribution < -0.4 is 23.0 Å². The third kappa shape index (κ3) is 46.5. The fourth-order valence-electron chi connectivity index (χ4n) is 0. The number of nitrogens with two attached hydrogens (primary N) is 3. The van der Waals surface area contributed by atoms with E-state index in [0.717, 1.165) is 0 Å². The van der Waals surface area contributed by atoms with Gasteiger partial charge in [0.2, 0.25) is 0 Å². The average Bonchev–Trinajstić information content (AvgIpc) is 1.72. The first kappa shape index (κ1) is 9.25. The average molecular weight is 94.1 g/mol. The zero-order valence-corrected chi connectivity index (χ0v) is 3.39. The summed E-state index contributed by atoms with van der Waals surface area (Å²) in [5, 5.41) is 7.64. The normalized spacial score (nSPS) is 6.00. The van der Waals surface area contributed by atoms with E-state index in [1.54, 1.807) is 0 Å². The van der Waals surface area contributed by atoms with E-state index >= 15 is 0 Å². The van der Waals surface area contributed by atoms with E-state index in [4.69, 9.17) is 5.11 Å². The largest absolute Gasteiger partial charge is 0.380 e. The molecule has 0 spiro atoms. The smallest absolute Gasteiger partial charge is 0.105 e. The number of nitrogens with one attached hydrogen (secondary N) is 1. The quantitative estimate of drug-likeness (QED) is 0.137. The van der Waals surface area contributed by atoms with Crippen molar-refractivity contribution in [1.29, 1.82) is 0 Å². The molecule has 0 fully saturated rings. The maximum atomic E-state index is 7.64. The summed E-state index contributed by atoms with van der Waals surface area (Å²) in [6.07, 6.45) is 0. The molecule has 0 radical (unpaired) electrons. The van der Waals surface area contributed by atoms with E-state index in [9.17, 15) is 0 Å². The van der Waals surface area contributed by atoms with Gasteiger partial charge in [-0.25, -0.2) is 5.43 Å². The Bertz CT molecular complexity index is 9.51. The summed E-state index contributed by atoms with van der Waals surface area (Å²) in [5.74, 6) is 12.5. The molecule has 0 atom stereocenters. The van der Waals surface area contributed by atoms with E-state index in [1.807, 2.05) is 5.43 Å². The molecule has 0 amide bonds. The van der Waals surface area contributed by atoms with Gasteiger partial charge in [0.15, 0.2) is 0 Å². The van der Waals surface area contributed by atoms with Gasteiger partial charge in [0.1, 0.15) is 6.73 Å². The predicted molar refractivity (Wildman–Crippen MR) is 22.8 cm³/mol. The zero-order chi connectivity index (χ0) is 5.41. The van der Waals surface area contributed by atoms with Crippen LogP contribution in [0.1, 0.15) is 0 Å². The van der Waals surface area contributed by atoms with E-state index in [1.165, 1.54) is 0 Å². The summed E-state index contributed by atoms with van der Waals surface area (Å²) in [5.41, 5.74) is 1.99. The van der Waals surface area contributed by atoms with E-state index in [2.05, 4.69) is 17.5 Å². The Balaban J connectivity index is 0. The van der Waals surface area contributed by atoms with Crippen LogP contribution in [0.4, 0.5) is 0 Å². The van der Waals surface area contributed by atoms with Crippen molar-refractivity contribution in [1.82, 2.24) is 5.43 Å². The lowest BCUT2D eigenvalue weighted by atomic mass is 11.4. The second-order valence-corrected chi connectivity index (χ2v) is 0.362. The van der Waals surface area contributed by atoms with Crippen molar-refractivity contribution in [2.45, 2.75) is 0 Å². The minimum atomic E-state index is -0.153. The van der Waals surface area contributed by atoms with Crippen molar-refractivity contribution in [3.05, 3.63) is 0 Å². The highest BCUT2D eigenvalue weighted by atomic mass is 16.3. The van der Waals surface area contributed by atoms with Gasteiger partial charge in [-0.2, -0.15) is 0 Å². The van der Waals surface area contributed by atoms with Gasteiger partial charge < -0.3 is 5.11 Å². The molecule has 5 heteroatoms. The van der Waals surface area contributed by atoms with Crippen LogP contribution in [0.15, 0.2) is 0 Å². The van der Waals surface area contributed by atoms with Crippen LogP contribution in [0.2, 0.25) is 0 Å². The van der Waals surface area contributed by atoms with Gasteiger partial charge in [-0.3, -0.25) is 17.5 Å². The molecule has 40 valence electrons. The molecular formula is CH10N4O. The number of hydrogen-bond acceptors (Lipinski definition) is 5. The molecular weight excluding hydrogens is 84.0 g/mol. The first-order valence-electron chi connectivity index (χ1n) is 1.29. The summed E-state index contributed by atoms with van der Waals surface area (Å²) < 4.78 is 0. The van der Waals surface area contributed by atoms with Gasteiger partial charge in [0.25, 0.3) is 0 Å². The summed E-state index contributed by atoms with van der Waals surface area (Å²) in [4.78, 5) is 0. The molecule has 6 heavy (non-hydrogen) atoms. The summed E-state index contributed by atoms with van der Waals surface area (Å²) >= 11 is 0. The molecule has 5 nitrogen and oxygen atoms in total. The van der Waals surface area contributed by atoms with Crippen molar-refractivity contribution >= 4 is 0 Å². The first-order chi connectivity index (χ1) is 2.91. The molecule has 0 aromatic rings. The minimum absolute atomic E-state index is 0.153. The van der Waals surface area contributed by atoms with E-state index < -0.39 is 0 Å². The van der Waals surface area contributed by atoms with Crippen LogP contribution in [-0.2, 0) is 0 Å². The van der Waals surface area contributed by atoms with Crippen molar-refractivity contribution < 1.29 is 5.11 Å². The Labute approximate surface area is 36.0 Å². The van der Waals surface area contributed by atoms with Gasteiger partial charge in [-0.15, -0.1) is 0 Å².